The van der Waals surface area contributed by atoms with Crippen LogP contribution >= 0.6 is 0 Å². The minimum atomic E-state index is -1.21. The molecule has 0 radical (unpaired) electrons. The van der Waals surface area contributed by atoms with Crippen LogP contribution in [0.1, 0.15) is 51.3 Å². The number of aromatic nitrogens is 1. The van der Waals surface area contributed by atoms with Crippen LogP contribution in [0.4, 0.5) is 0 Å². The molecule has 144 valence electrons. The van der Waals surface area contributed by atoms with E-state index in [1.165, 1.54) is 77.1 Å². The molecule has 2 aliphatic rings. The van der Waals surface area contributed by atoms with Crippen molar-refractivity contribution in [3.8, 4) is 11.3 Å². The molecule has 0 amide bonds. The van der Waals surface area contributed by atoms with Crippen molar-refractivity contribution >= 4 is 24.0 Å². The van der Waals surface area contributed by atoms with Gasteiger partial charge in [0.1, 0.15) is 0 Å². The SMILES string of the molecule is CC(C)(C)c1cc(-c2ccc3c(n2)CCC[Si]32CCCC2)cc2ccccc12. The van der Waals surface area contributed by atoms with E-state index >= 15 is 0 Å². The number of rotatable bonds is 1. The molecule has 1 fully saturated rings. The van der Waals surface area contributed by atoms with Gasteiger partial charge < -0.3 is 0 Å². The van der Waals surface area contributed by atoms with Gasteiger partial charge in [-0.25, -0.2) is 0 Å². The Morgan fingerprint density at radius 3 is 2.39 bits per heavy atom. The number of benzene rings is 2. The number of pyridine rings is 1. The van der Waals surface area contributed by atoms with Crippen LogP contribution in [-0.4, -0.2) is 13.1 Å². The third-order valence-electron chi connectivity index (χ3n) is 7.14. The molecule has 1 spiro atoms. The highest BCUT2D eigenvalue weighted by molar-refractivity contribution is 6.92. The lowest BCUT2D eigenvalue weighted by molar-refractivity contribution is 0.596. The predicted molar refractivity (Wildman–Crippen MR) is 123 cm³/mol. The Bertz CT molecular complexity index is 1040. The summed E-state index contributed by atoms with van der Waals surface area (Å²) < 4.78 is 0. The van der Waals surface area contributed by atoms with Gasteiger partial charge in [0, 0.05) is 11.3 Å². The second-order valence-corrected chi connectivity index (χ2v) is 14.6. The Hall–Kier alpha value is -1.93. The maximum absolute atomic E-state index is 5.27. The Balaban J connectivity index is 1.65. The fourth-order valence-electron chi connectivity index (χ4n) is 5.71. The number of hydrogen-bond donors (Lipinski definition) is 0. The standard InChI is InChI=1S/C26H31NSi/c1-26(2,3)22-18-20(17-19-9-4-5-10-21(19)22)23-12-13-25-24(27-23)11-8-16-28(25)14-6-7-15-28/h4-5,9-10,12-13,17-18H,6-8,11,14-16H2,1-3H3. The number of aryl methyl sites for hydroxylation is 1. The second-order valence-electron chi connectivity index (χ2n) is 10.0. The van der Waals surface area contributed by atoms with Gasteiger partial charge in [-0.2, -0.15) is 0 Å². The molecular formula is C26H31NSi. The zero-order valence-corrected chi connectivity index (χ0v) is 18.5. The first-order valence-corrected chi connectivity index (χ1v) is 13.6. The average Bonchev–Trinajstić information content (AvgIpc) is 3.15. The van der Waals surface area contributed by atoms with Gasteiger partial charge in [-0.05, 0) is 58.0 Å². The van der Waals surface area contributed by atoms with Crippen LogP contribution in [0.25, 0.3) is 22.0 Å². The van der Waals surface area contributed by atoms with E-state index in [2.05, 4.69) is 69.3 Å². The molecule has 2 heteroatoms. The lowest BCUT2D eigenvalue weighted by atomic mass is 9.82. The minimum absolute atomic E-state index is 0.116. The summed E-state index contributed by atoms with van der Waals surface area (Å²) in [6.45, 7) is 6.94. The normalized spacial score (nSPS) is 18.5. The molecule has 1 saturated heterocycles. The molecule has 0 bridgehead atoms. The summed E-state index contributed by atoms with van der Waals surface area (Å²) in [7, 11) is -1.21. The molecule has 0 N–H and O–H groups in total. The van der Waals surface area contributed by atoms with Gasteiger partial charge in [0.05, 0.1) is 13.8 Å². The highest BCUT2D eigenvalue weighted by atomic mass is 28.3. The summed E-state index contributed by atoms with van der Waals surface area (Å²) in [5.74, 6) is 0. The second kappa shape index (κ2) is 6.55. The van der Waals surface area contributed by atoms with Crippen molar-refractivity contribution in [2.45, 2.75) is 70.0 Å². The van der Waals surface area contributed by atoms with Gasteiger partial charge in [0.15, 0.2) is 0 Å². The van der Waals surface area contributed by atoms with E-state index in [4.69, 9.17) is 4.98 Å². The highest BCUT2D eigenvalue weighted by Gasteiger charge is 2.41. The van der Waals surface area contributed by atoms with Crippen LogP contribution in [0.3, 0.4) is 0 Å². The van der Waals surface area contributed by atoms with Gasteiger partial charge in [0.2, 0.25) is 0 Å². The molecule has 2 aromatic carbocycles. The molecule has 0 aliphatic carbocycles. The summed E-state index contributed by atoms with van der Waals surface area (Å²) in [6, 6.07) is 22.9. The van der Waals surface area contributed by atoms with Crippen molar-refractivity contribution in [2.24, 2.45) is 0 Å². The van der Waals surface area contributed by atoms with Gasteiger partial charge in [-0.15, -0.1) is 0 Å². The molecule has 3 aromatic rings. The van der Waals surface area contributed by atoms with Crippen LogP contribution in [0, 0.1) is 0 Å². The fraction of sp³-hybridized carbons (Fsp3) is 0.423. The van der Waals surface area contributed by atoms with E-state index in [0.717, 1.165) is 0 Å². The molecule has 2 aliphatic heterocycles. The van der Waals surface area contributed by atoms with Gasteiger partial charge in [-0.3, -0.25) is 4.98 Å². The van der Waals surface area contributed by atoms with Crippen molar-refractivity contribution in [1.29, 1.82) is 0 Å². The summed E-state index contributed by atoms with van der Waals surface area (Å²) in [4.78, 5) is 5.27. The minimum Gasteiger partial charge on any atom is -0.253 e. The lowest BCUT2D eigenvalue weighted by Crippen LogP contribution is -2.49. The quantitative estimate of drug-likeness (QED) is 0.430. The monoisotopic (exact) mass is 385 g/mol. The molecule has 0 unspecified atom stereocenters. The number of nitrogens with zero attached hydrogens (tertiary/aromatic N) is 1. The van der Waals surface area contributed by atoms with Gasteiger partial charge in [0.25, 0.3) is 0 Å². The molecule has 0 atom stereocenters. The maximum atomic E-state index is 5.27. The van der Waals surface area contributed by atoms with Gasteiger partial charge in [-0.1, -0.05) is 82.1 Å². The molecule has 3 heterocycles. The summed E-state index contributed by atoms with van der Waals surface area (Å²) >= 11 is 0. The average molecular weight is 386 g/mol. The Kier molecular flexibility index (Phi) is 4.24. The zero-order chi connectivity index (χ0) is 19.4. The van der Waals surface area contributed by atoms with E-state index in [0.29, 0.717) is 0 Å². The number of hydrogen-bond acceptors (Lipinski definition) is 1. The first kappa shape index (κ1) is 18.1. The third-order valence-corrected chi connectivity index (χ3v) is 12.7. The van der Waals surface area contributed by atoms with Crippen LogP contribution in [0.2, 0.25) is 18.1 Å². The first-order valence-electron chi connectivity index (χ1n) is 11.0. The van der Waals surface area contributed by atoms with Gasteiger partial charge >= 0.3 is 0 Å². The van der Waals surface area contributed by atoms with E-state index in [9.17, 15) is 0 Å². The fourth-order valence-corrected chi connectivity index (χ4v) is 11.2. The highest BCUT2D eigenvalue weighted by Crippen LogP contribution is 2.39. The molecule has 0 saturated carbocycles. The Morgan fingerprint density at radius 2 is 1.61 bits per heavy atom. The van der Waals surface area contributed by atoms with E-state index in [1.54, 1.807) is 5.19 Å². The van der Waals surface area contributed by atoms with E-state index < -0.39 is 8.07 Å². The molecule has 5 rings (SSSR count). The van der Waals surface area contributed by atoms with Crippen molar-refractivity contribution in [1.82, 2.24) is 4.98 Å². The van der Waals surface area contributed by atoms with Crippen molar-refractivity contribution in [3.05, 3.63) is 59.8 Å². The zero-order valence-electron chi connectivity index (χ0n) is 17.5. The Morgan fingerprint density at radius 1 is 0.857 bits per heavy atom. The van der Waals surface area contributed by atoms with Crippen LogP contribution < -0.4 is 5.19 Å². The summed E-state index contributed by atoms with van der Waals surface area (Å²) in [6.07, 6.45) is 5.44. The topological polar surface area (TPSA) is 12.9 Å². The molecular weight excluding hydrogens is 354 g/mol. The third kappa shape index (κ3) is 2.93. The first-order chi connectivity index (χ1) is 13.5. The predicted octanol–water partition coefficient (Wildman–Crippen LogP) is 6.60. The van der Waals surface area contributed by atoms with E-state index in [1.807, 2.05) is 0 Å². The van der Waals surface area contributed by atoms with Crippen molar-refractivity contribution in [3.63, 3.8) is 0 Å². The summed E-state index contributed by atoms with van der Waals surface area (Å²) in [5.41, 5.74) is 5.41. The Labute approximate surface area is 170 Å². The van der Waals surface area contributed by atoms with Crippen LogP contribution in [0.15, 0.2) is 48.5 Å². The largest absolute Gasteiger partial charge is 0.253 e. The number of fused-ring (bicyclic) bond motifs is 3. The maximum Gasteiger partial charge on any atom is 0.0891 e. The van der Waals surface area contributed by atoms with Crippen molar-refractivity contribution < 1.29 is 0 Å². The summed E-state index contributed by atoms with van der Waals surface area (Å²) in [5, 5.41) is 4.40. The molecule has 28 heavy (non-hydrogen) atoms. The van der Waals surface area contributed by atoms with E-state index in [-0.39, 0.29) is 5.41 Å². The van der Waals surface area contributed by atoms with Crippen LogP contribution in [0.5, 0.6) is 0 Å². The van der Waals surface area contributed by atoms with Crippen molar-refractivity contribution in [2.75, 3.05) is 0 Å². The lowest BCUT2D eigenvalue weighted by Gasteiger charge is -2.33. The molecule has 1 nitrogen and oxygen atoms in total. The smallest absolute Gasteiger partial charge is 0.0891 e. The van der Waals surface area contributed by atoms with Crippen LogP contribution in [-0.2, 0) is 11.8 Å². The molecule has 1 aromatic heterocycles.